The fourth-order valence-electron chi connectivity index (χ4n) is 3.24. The summed E-state index contributed by atoms with van der Waals surface area (Å²) in [5.41, 5.74) is 0.0133. The minimum Gasteiger partial charge on any atom is -0.507 e. The predicted octanol–water partition coefficient (Wildman–Crippen LogP) is 3.16. The zero-order valence-electron chi connectivity index (χ0n) is 17.8. The van der Waals surface area contributed by atoms with Crippen molar-refractivity contribution in [3.8, 4) is 5.75 Å². The molecule has 0 fully saturated rings. The number of phenols is 1. The van der Waals surface area contributed by atoms with Crippen molar-refractivity contribution < 1.29 is 44.0 Å². The van der Waals surface area contributed by atoms with Crippen LogP contribution in [0.2, 0.25) is 0 Å². The molecule has 5 N–H and O–H groups in total. The highest BCUT2D eigenvalue weighted by atomic mass is 32.2. The number of aromatic hydroxyl groups is 1. The van der Waals surface area contributed by atoms with E-state index < -0.39 is 58.2 Å². The molecule has 0 saturated heterocycles. The van der Waals surface area contributed by atoms with E-state index in [0.29, 0.717) is 5.69 Å². The van der Waals surface area contributed by atoms with Crippen LogP contribution in [0.15, 0.2) is 57.6 Å². The molecule has 35 heavy (non-hydrogen) atoms. The second kappa shape index (κ2) is 9.48. The van der Waals surface area contributed by atoms with E-state index in [1.54, 1.807) is 31.2 Å². The number of hydrogen-bond donors (Lipinski definition) is 5. The van der Waals surface area contributed by atoms with Crippen LogP contribution in [0, 0.1) is 6.92 Å². The highest BCUT2D eigenvalue weighted by Crippen LogP contribution is 2.44. The number of benzene rings is 3. The first-order valence-electron chi connectivity index (χ1n) is 9.47. The van der Waals surface area contributed by atoms with E-state index in [4.69, 9.17) is 4.55 Å². The Balaban J connectivity index is 2.38. The van der Waals surface area contributed by atoms with E-state index in [9.17, 15) is 39.5 Å². The lowest BCUT2D eigenvalue weighted by atomic mass is 10.0. The van der Waals surface area contributed by atoms with Crippen molar-refractivity contribution in [2.45, 2.75) is 17.6 Å². The predicted molar refractivity (Wildman–Crippen MR) is 126 cm³/mol. The van der Waals surface area contributed by atoms with Crippen LogP contribution in [0.1, 0.15) is 11.1 Å². The van der Waals surface area contributed by atoms with Crippen molar-refractivity contribution in [2.24, 2.45) is 10.2 Å². The van der Waals surface area contributed by atoms with Gasteiger partial charge in [-0.05, 0) is 42.1 Å². The summed E-state index contributed by atoms with van der Waals surface area (Å²) in [7, 11) is -14.4. The van der Waals surface area contributed by atoms with Gasteiger partial charge in [0, 0.05) is 5.56 Å². The third-order valence-corrected chi connectivity index (χ3v) is 6.72. The zero-order valence-corrected chi connectivity index (χ0v) is 20.3. The van der Waals surface area contributed by atoms with Crippen molar-refractivity contribution in [1.82, 2.24) is 0 Å². The molecule has 0 aliphatic rings. The maximum absolute atomic E-state index is 11.9. The molecule has 3 aromatic carbocycles. The number of phenolic OH excluding ortho intramolecular Hbond substituents is 1. The molecule has 0 spiro atoms. The Morgan fingerprint density at radius 1 is 0.886 bits per heavy atom. The van der Waals surface area contributed by atoms with Gasteiger partial charge in [0.15, 0.2) is 0 Å². The largest absolute Gasteiger partial charge is 0.507 e. The quantitative estimate of drug-likeness (QED) is 0.204. The van der Waals surface area contributed by atoms with Crippen LogP contribution in [0.4, 0.5) is 17.1 Å². The molecule has 16 heteroatoms. The van der Waals surface area contributed by atoms with Gasteiger partial charge < -0.3 is 10.4 Å². The lowest BCUT2D eigenvalue weighted by Crippen LogP contribution is -2.13. The highest BCUT2D eigenvalue weighted by Gasteiger charge is 2.27. The van der Waals surface area contributed by atoms with E-state index in [1.165, 1.54) is 12.1 Å². The van der Waals surface area contributed by atoms with Crippen LogP contribution in [0.5, 0.6) is 5.75 Å². The lowest BCUT2D eigenvalue weighted by molar-refractivity contribution is 0.459. The number of nitrogens with zero attached hydrogens (tertiary/aromatic N) is 2. The molecule has 0 heterocycles. The fourth-order valence-corrected chi connectivity index (χ4v) is 5.08. The summed E-state index contributed by atoms with van der Waals surface area (Å²) in [6.07, 6.45) is 0. The number of nitrogens with one attached hydrogen (secondary N) is 1. The second-order valence-corrected chi connectivity index (χ2v) is 11.7. The lowest BCUT2D eigenvalue weighted by Gasteiger charge is -2.15. The topological polar surface area (TPSA) is 220 Å². The van der Waals surface area contributed by atoms with E-state index in [2.05, 4.69) is 15.5 Å². The van der Waals surface area contributed by atoms with Gasteiger partial charge in [0.1, 0.15) is 28.0 Å². The summed E-state index contributed by atoms with van der Waals surface area (Å²) in [5.74, 6) is -3.31. The molecule has 0 saturated carbocycles. The first-order valence-corrected chi connectivity index (χ1v) is 14.1. The molecule has 0 unspecified atom stereocenters. The van der Waals surface area contributed by atoms with Gasteiger partial charge in [0.05, 0.1) is 16.8 Å². The molecule has 3 rings (SSSR count). The van der Waals surface area contributed by atoms with Crippen LogP contribution in [-0.2, 0) is 36.1 Å². The van der Waals surface area contributed by atoms with E-state index >= 15 is 0 Å². The van der Waals surface area contributed by atoms with Crippen molar-refractivity contribution >= 4 is 58.2 Å². The van der Waals surface area contributed by atoms with Crippen LogP contribution in [0.25, 0.3) is 10.8 Å². The number of aryl methyl sites for hydroxylation is 1. The molecule has 0 aliphatic heterocycles. The smallest absolute Gasteiger partial charge is 0.294 e. The number of anilines is 1. The van der Waals surface area contributed by atoms with Gasteiger partial charge in [-0.3, -0.25) is 13.7 Å². The van der Waals surface area contributed by atoms with Crippen molar-refractivity contribution in [2.75, 3.05) is 11.2 Å². The van der Waals surface area contributed by atoms with Crippen LogP contribution in [-0.4, -0.2) is 49.9 Å². The Morgan fingerprint density at radius 3 is 2.14 bits per heavy atom. The average Bonchev–Trinajstić information content (AvgIpc) is 2.70. The molecule has 3 aromatic rings. The average molecular weight is 546 g/mol. The van der Waals surface area contributed by atoms with Crippen LogP contribution in [0.3, 0.4) is 0 Å². The Morgan fingerprint density at radius 2 is 1.57 bits per heavy atom. The maximum atomic E-state index is 11.9. The summed E-state index contributed by atoms with van der Waals surface area (Å²) in [6.45, 7) is 1.79. The summed E-state index contributed by atoms with van der Waals surface area (Å²) >= 11 is 0. The minimum atomic E-state index is -5.05. The highest BCUT2D eigenvalue weighted by molar-refractivity contribution is 7.86. The molecule has 0 radical (unpaired) electrons. The molecule has 188 valence electrons. The first-order chi connectivity index (χ1) is 16.0. The van der Waals surface area contributed by atoms with Crippen molar-refractivity contribution in [3.05, 3.63) is 53.6 Å². The summed E-state index contributed by atoms with van der Waals surface area (Å²) < 4.78 is 97.1. The van der Waals surface area contributed by atoms with Gasteiger partial charge >= 0.3 is 0 Å². The van der Waals surface area contributed by atoms with E-state index in [0.717, 1.165) is 11.6 Å². The number of hydrogen-bond acceptors (Lipinski definition) is 10. The molecular weight excluding hydrogens is 526 g/mol. The minimum absolute atomic E-state index is 0.0511. The summed E-state index contributed by atoms with van der Waals surface area (Å²) in [6, 6.07) is 10.0. The molecular formula is C19H19N3O10S3. The molecule has 0 bridgehead atoms. The maximum Gasteiger partial charge on any atom is 0.294 e. The van der Waals surface area contributed by atoms with Gasteiger partial charge in [-0.15, -0.1) is 5.11 Å². The monoisotopic (exact) mass is 545 g/mol. The normalized spacial score (nSPS) is 12.9. The third kappa shape index (κ3) is 6.71. The fraction of sp³-hybridized carbons (Fsp3) is 0.158. The van der Waals surface area contributed by atoms with Gasteiger partial charge in [0.25, 0.3) is 30.4 Å². The number of rotatable bonds is 8. The Bertz CT molecular complexity index is 1670. The Kier molecular flexibility index (Phi) is 7.16. The molecule has 0 amide bonds. The first kappa shape index (κ1) is 26.5. The van der Waals surface area contributed by atoms with Gasteiger partial charge in [-0.25, -0.2) is 0 Å². The van der Waals surface area contributed by atoms with Gasteiger partial charge in [-0.2, -0.15) is 30.4 Å². The van der Waals surface area contributed by atoms with Crippen LogP contribution < -0.4 is 5.32 Å². The number of azo groups is 1. The van der Waals surface area contributed by atoms with Gasteiger partial charge in [0.2, 0.25) is 0 Å². The second-order valence-electron chi connectivity index (χ2n) is 7.41. The SMILES string of the molecule is Cc1cccc(N=Nc2c(NCS(=O)(=O)O)ccc3cc(S(=O)(=O)O)c(CS(=O)(=O)O)c(O)c23)c1. The Hall–Kier alpha value is -3.15. The zero-order chi connectivity index (χ0) is 26.2. The molecule has 13 nitrogen and oxygen atoms in total. The summed E-state index contributed by atoms with van der Waals surface area (Å²) in [4.78, 5) is -0.972. The van der Waals surface area contributed by atoms with E-state index in [-0.39, 0.29) is 22.1 Å². The standard InChI is InChI=1S/C19H19N3O10S3/c1-11-3-2-4-13(7-11)21-22-18-15(20-10-34(27,28)29)6-5-12-8-16(35(30,31)32)14(9-33(24,25)26)19(23)17(12)18/h2-8,20,23H,9-10H2,1H3,(H,24,25,26)(H,27,28,29)(H,30,31,32). The van der Waals surface area contributed by atoms with Gasteiger partial charge in [-0.1, -0.05) is 18.2 Å². The van der Waals surface area contributed by atoms with Crippen molar-refractivity contribution in [1.29, 1.82) is 0 Å². The summed E-state index contributed by atoms with van der Waals surface area (Å²) in [5, 5.41) is 21.0. The van der Waals surface area contributed by atoms with Crippen molar-refractivity contribution in [3.63, 3.8) is 0 Å². The Labute approximate surface area is 200 Å². The number of fused-ring (bicyclic) bond motifs is 1. The molecule has 0 aromatic heterocycles. The molecule has 0 atom stereocenters. The third-order valence-electron chi connectivity index (χ3n) is 4.63. The van der Waals surface area contributed by atoms with E-state index in [1.807, 2.05) is 0 Å². The van der Waals surface area contributed by atoms with Crippen LogP contribution >= 0.6 is 0 Å². The molecule has 0 aliphatic carbocycles.